The second kappa shape index (κ2) is 8.81. The molecular formula is C21H34N2O2. The normalized spacial score (nSPS) is 21.1. The van der Waals surface area contributed by atoms with Crippen LogP contribution in [0.15, 0.2) is 24.3 Å². The lowest BCUT2D eigenvalue weighted by molar-refractivity contribution is -0.123. The molecule has 1 amide bonds. The minimum atomic E-state index is -0.104. The predicted octanol–water partition coefficient (Wildman–Crippen LogP) is 3.35. The van der Waals surface area contributed by atoms with E-state index in [1.54, 1.807) is 0 Å². The summed E-state index contributed by atoms with van der Waals surface area (Å²) in [4.78, 5) is 14.6. The van der Waals surface area contributed by atoms with Gasteiger partial charge in [0.2, 0.25) is 5.91 Å². The van der Waals surface area contributed by atoms with Crippen molar-refractivity contribution in [2.24, 2.45) is 5.92 Å². The number of nitrogens with zero attached hydrogens (tertiary/aromatic N) is 1. The van der Waals surface area contributed by atoms with Gasteiger partial charge < -0.3 is 15.0 Å². The maximum atomic E-state index is 12.5. The van der Waals surface area contributed by atoms with Gasteiger partial charge in [-0.3, -0.25) is 4.79 Å². The number of rotatable bonds is 7. The molecule has 0 saturated carbocycles. The monoisotopic (exact) mass is 346 g/mol. The average molecular weight is 347 g/mol. The highest BCUT2D eigenvalue weighted by atomic mass is 16.5. The highest BCUT2D eigenvalue weighted by molar-refractivity contribution is 5.77. The van der Waals surface area contributed by atoms with E-state index in [0.717, 1.165) is 26.0 Å². The van der Waals surface area contributed by atoms with E-state index >= 15 is 0 Å². The van der Waals surface area contributed by atoms with Crippen LogP contribution in [-0.2, 0) is 9.53 Å². The summed E-state index contributed by atoms with van der Waals surface area (Å²) in [7, 11) is 4.04. The second-order valence-electron chi connectivity index (χ2n) is 8.24. The topological polar surface area (TPSA) is 41.6 Å². The molecule has 1 aliphatic rings. The first-order valence-electron chi connectivity index (χ1n) is 9.39. The van der Waals surface area contributed by atoms with Crippen molar-refractivity contribution in [3.8, 4) is 0 Å². The largest absolute Gasteiger partial charge is 0.376 e. The van der Waals surface area contributed by atoms with E-state index in [0.29, 0.717) is 18.9 Å². The van der Waals surface area contributed by atoms with Crippen molar-refractivity contribution in [1.29, 1.82) is 0 Å². The quantitative estimate of drug-likeness (QED) is 0.823. The van der Waals surface area contributed by atoms with E-state index in [-0.39, 0.29) is 17.4 Å². The maximum Gasteiger partial charge on any atom is 0.220 e. The Kier molecular flexibility index (Phi) is 7.03. The Morgan fingerprint density at radius 1 is 1.32 bits per heavy atom. The fourth-order valence-corrected chi connectivity index (χ4v) is 3.68. The number of benzene rings is 1. The number of likely N-dealkylation sites (N-methyl/N-ethyl adjacent to an activating group) is 1. The first kappa shape index (κ1) is 19.9. The summed E-state index contributed by atoms with van der Waals surface area (Å²) < 4.78 is 5.89. The summed E-state index contributed by atoms with van der Waals surface area (Å²) in [5.41, 5.74) is 2.43. The molecule has 0 radical (unpaired) electrons. The fraction of sp³-hybridized carbons (Fsp3) is 0.667. The van der Waals surface area contributed by atoms with Gasteiger partial charge in [0, 0.05) is 26.1 Å². The zero-order chi connectivity index (χ0) is 18.4. The summed E-state index contributed by atoms with van der Waals surface area (Å²) in [6.07, 6.45) is 2.57. The van der Waals surface area contributed by atoms with Crippen LogP contribution in [0.5, 0.6) is 0 Å². The molecule has 2 rings (SSSR count). The van der Waals surface area contributed by atoms with Gasteiger partial charge in [-0.25, -0.2) is 0 Å². The highest BCUT2D eigenvalue weighted by Gasteiger charge is 2.35. The van der Waals surface area contributed by atoms with Crippen molar-refractivity contribution in [3.63, 3.8) is 0 Å². The molecule has 0 unspecified atom stereocenters. The van der Waals surface area contributed by atoms with E-state index in [2.05, 4.69) is 55.3 Å². The van der Waals surface area contributed by atoms with Gasteiger partial charge in [-0.05, 0) is 65.1 Å². The van der Waals surface area contributed by atoms with Crippen molar-refractivity contribution in [1.82, 2.24) is 10.2 Å². The second-order valence-corrected chi connectivity index (χ2v) is 8.24. The SMILES string of the molecule is Cc1ccc([C@@H](CC(=O)NCCN(C)C)[C@H]2CCOC(C)(C)C2)cc1. The first-order valence-corrected chi connectivity index (χ1v) is 9.39. The molecule has 0 aliphatic carbocycles. The Balaban J connectivity index is 2.09. The molecule has 0 aromatic heterocycles. The number of hydrogen-bond acceptors (Lipinski definition) is 3. The summed E-state index contributed by atoms with van der Waals surface area (Å²) in [5, 5.41) is 3.07. The Morgan fingerprint density at radius 2 is 2.00 bits per heavy atom. The van der Waals surface area contributed by atoms with Crippen molar-refractivity contribution < 1.29 is 9.53 Å². The lowest BCUT2D eigenvalue weighted by atomic mass is 9.75. The Hall–Kier alpha value is -1.39. The minimum absolute atomic E-state index is 0.104. The molecule has 1 aliphatic heterocycles. The zero-order valence-corrected chi connectivity index (χ0v) is 16.5. The zero-order valence-electron chi connectivity index (χ0n) is 16.5. The number of carbonyl (C=O) groups excluding carboxylic acids is 1. The van der Waals surface area contributed by atoms with Crippen molar-refractivity contribution in [3.05, 3.63) is 35.4 Å². The van der Waals surface area contributed by atoms with Crippen LogP contribution < -0.4 is 5.32 Å². The summed E-state index contributed by atoms with van der Waals surface area (Å²) in [5.74, 6) is 0.880. The van der Waals surface area contributed by atoms with Gasteiger partial charge in [0.05, 0.1) is 5.60 Å². The van der Waals surface area contributed by atoms with E-state index < -0.39 is 0 Å². The van der Waals surface area contributed by atoms with E-state index in [9.17, 15) is 4.79 Å². The highest BCUT2D eigenvalue weighted by Crippen LogP contribution is 2.40. The van der Waals surface area contributed by atoms with Crippen LogP contribution in [0.1, 0.15) is 50.2 Å². The van der Waals surface area contributed by atoms with Gasteiger partial charge >= 0.3 is 0 Å². The van der Waals surface area contributed by atoms with Crippen molar-refractivity contribution in [2.75, 3.05) is 33.8 Å². The van der Waals surface area contributed by atoms with Crippen LogP contribution in [-0.4, -0.2) is 50.2 Å². The number of carbonyl (C=O) groups is 1. The molecule has 1 heterocycles. The van der Waals surface area contributed by atoms with Gasteiger partial charge in [-0.2, -0.15) is 0 Å². The molecular weight excluding hydrogens is 312 g/mol. The van der Waals surface area contributed by atoms with Crippen LogP contribution in [0.3, 0.4) is 0 Å². The Labute approximate surface area is 152 Å². The van der Waals surface area contributed by atoms with Crippen LogP contribution in [0, 0.1) is 12.8 Å². The van der Waals surface area contributed by atoms with Crippen LogP contribution in [0.2, 0.25) is 0 Å². The van der Waals surface area contributed by atoms with E-state index in [4.69, 9.17) is 4.74 Å². The summed E-state index contributed by atoms with van der Waals surface area (Å²) in [6.45, 7) is 8.76. The summed E-state index contributed by atoms with van der Waals surface area (Å²) in [6, 6.07) is 8.68. The van der Waals surface area contributed by atoms with Crippen molar-refractivity contribution >= 4 is 5.91 Å². The van der Waals surface area contributed by atoms with Crippen LogP contribution in [0.4, 0.5) is 0 Å². The number of aryl methyl sites for hydroxylation is 1. The molecule has 0 spiro atoms. The van der Waals surface area contributed by atoms with Gasteiger partial charge in [0.1, 0.15) is 0 Å². The lowest BCUT2D eigenvalue weighted by Gasteiger charge is -2.39. The van der Waals surface area contributed by atoms with Gasteiger partial charge in [0.25, 0.3) is 0 Å². The molecule has 1 saturated heterocycles. The Bertz CT molecular complexity index is 552. The van der Waals surface area contributed by atoms with Crippen LogP contribution in [0.25, 0.3) is 0 Å². The molecule has 25 heavy (non-hydrogen) atoms. The fourth-order valence-electron chi connectivity index (χ4n) is 3.68. The number of amides is 1. The standard InChI is InChI=1S/C21H34N2O2/c1-16-6-8-17(9-7-16)19(14-20(24)22-11-12-23(4)5)18-10-13-25-21(2,3)15-18/h6-9,18-19H,10-15H2,1-5H3,(H,22,24)/t18-,19+/m0/s1. The third-order valence-corrected chi connectivity index (χ3v) is 5.10. The van der Waals surface area contributed by atoms with Crippen molar-refractivity contribution in [2.45, 2.75) is 51.6 Å². The molecule has 1 fully saturated rings. The van der Waals surface area contributed by atoms with E-state index in [1.165, 1.54) is 11.1 Å². The third kappa shape index (κ3) is 6.44. The number of hydrogen-bond donors (Lipinski definition) is 1. The third-order valence-electron chi connectivity index (χ3n) is 5.10. The molecule has 4 nitrogen and oxygen atoms in total. The maximum absolute atomic E-state index is 12.5. The van der Waals surface area contributed by atoms with Crippen LogP contribution >= 0.6 is 0 Å². The smallest absolute Gasteiger partial charge is 0.220 e. The minimum Gasteiger partial charge on any atom is -0.376 e. The predicted molar refractivity (Wildman–Crippen MR) is 103 cm³/mol. The molecule has 1 aromatic rings. The van der Waals surface area contributed by atoms with Gasteiger partial charge in [-0.1, -0.05) is 29.8 Å². The first-order chi connectivity index (χ1) is 11.8. The van der Waals surface area contributed by atoms with Gasteiger partial charge in [0.15, 0.2) is 0 Å². The van der Waals surface area contributed by atoms with Gasteiger partial charge in [-0.15, -0.1) is 0 Å². The number of nitrogens with one attached hydrogen (secondary N) is 1. The molecule has 1 aromatic carbocycles. The molecule has 1 N–H and O–H groups in total. The Morgan fingerprint density at radius 3 is 2.60 bits per heavy atom. The van der Waals surface area contributed by atoms with E-state index in [1.807, 2.05) is 14.1 Å². The number of ether oxygens (including phenoxy) is 1. The summed E-state index contributed by atoms with van der Waals surface area (Å²) >= 11 is 0. The lowest BCUT2D eigenvalue weighted by Crippen LogP contribution is -2.38. The molecule has 140 valence electrons. The molecule has 0 bridgehead atoms. The molecule has 4 heteroatoms. The average Bonchev–Trinajstić information content (AvgIpc) is 2.52. The molecule has 2 atom stereocenters.